The van der Waals surface area contributed by atoms with Crippen molar-refractivity contribution in [3.63, 3.8) is 0 Å². The van der Waals surface area contributed by atoms with Crippen LogP contribution in [0.5, 0.6) is 0 Å². The highest BCUT2D eigenvalue weighted by molar-refractivity contribution is 5.96. The molecule has 32 heavy (non-hydrogen) atoms. The normalized spacial score (nSPS) is 12.4. The van der Waals surface area contributed by atoms with Gasteiger partial charge in [0.25, 0.3) is 5.91 Å². The van der Waals surface area contributed by atoms with E-state index >= 15 is 0 Å². The first-order valence-electron chi connectivity index (χ1n) is 10.7. The van der Waals surface area contributed by atoms with Gasteiger partial charge in [-0.1, -0.05) is 30.3 Å². The molecule has 0 aliphatic rings. The number of nitrogens with zero attached hydrogens (tertiary/aromatic N) is 4. The van der Waals surface area contributed by atoms with Crippen LogP contribution in [0, 0.1) is 13.8 Å². The van der Waals surface area contributed by atoms with Gasteiger partial charge in [0.2, 0.25) is 0 Å². The van der Waals surface area contributed by atoms with Crippen molar-refractivity contribution in [3.05, 3.63) is 70.8 Å². The molecular formula is C24H31N5O3. The highest BCUT2D eigenvalue weighted by Gasteiger charge is 2.31. The number of aromatic nitrogens is 4. The van der Waals surface area contributed by atoms with Crippen molar-refractivity contribution in [3.8, 4) is 0 Å². The number of amides is 1. The van der Waals surface area contributed by atoms with E-state index in [2.05, 4.69) is 15.5 Å². The number of hydrogen-bond acceptors (Lipinski definition) is 5. The van der Waals surface area contributed by atoms with E-state index in [1.807, 2.05) is 69.6 Å². The Morgan fingerprint density at radius 3 is 2.44 bits per heavy atom. The molecule has 0 bridgehead atoms. The molecule has 1 amide bonds. The molecule has 1 aromatic carbocycles. The van der Waals surface area contributed by atoms with E-state index in [0.29, 0.717) is 23.4 Å². The quantitative estimate of drug-likeness (QED) is 0.571. The van der Waals surface area contributed by atoms with Crippen LogP contribution in [0.3, 0.4) is 0 Å². The van der Waals surface area contributed by atoms with Gasteiger partial charge in [0, 0.05) is 17.5 Å². The lowest BCUT2D eigenvalue weighted by Gasteiger charge is -2.19. The molecule has 1 unspecified atom stereocenters. The van der Waals surface area contributed by atoms with Crippen LogP contribution in [0.15, 0.2) is 42.7 Å². The summed E-state index contributed by atoms with van der Waals surface area (Å²) in [5.74, 6) is -0.914. The van der Waals surface area contributed by atoms with E-state index in [1.165, 1.54) is 6.20 Å². The third-order valence-corrected chi connectivity index (χ3v) is 5.23. The number of ether oxygens (including phenoxy) is 1. The fourth-order valence-electron chi connectivity index (χ4n) is 3.53. The fourth-order valence-corrected chi connectivity index (χ4v) is 3.53. The van der Waals surface area contributed by atoms with E-state index in [0.717, 1.165) is 11.3 Å². The van der Waals surface area contributed by atoms with Crippen molar-refractivity contribution >= 4 is 11.9 Å². The van der Waals surface area contributed by atoms with Crippen molar-refractivity contribution in [2.45, 2.75) is 59.7 Å². The second-order valence-electron chi connectivity index (χ2n) is 8.73. The number of esters is 1. The lowest BCUT2D eigenvalue weighted by atomic mass is 10.0. The Kier molecular flexibility index (Phi) is 6.81. The first-order chi connectivity index (χ1) is 15.1. The van der Waals surface area contributed by atoms with Gasteiger partial charge in [-0.2, -0.15) is 10.2 Å². The summed E-state index contributed by atoms with van der Waals surface area (Å²) in [6, 6.07) is 8.98. The Hall–Kier alpha value is -3.42. The third-order valence-electron chi connectivity index (χ3n) is 5.23. The number of carbonyl (C=O) groups is 2. The average Bonchev–Trinajstić information content (AvgIpc) is 3.33. The van der Waals surface area contributed by atoms with E-state index in [1.54, 1.807) is 17.8 Å². The zero-order valence-electron chi connectivity index (χ0n) is 19.5. The van der Waals surface area contributed by atoms with Crippen LogP contribution in [-0.4, -0.2) is 38.0 Å². The molecule has 3 rings (SSSR count). The second kappa shape index (κ2) is 9.38. The minimum Gasteiger partial charge on any atom is -0.464 e. The minimum atomic E-state index is -0.968. The smallest absolute Gasteiger partial charge is 0.333 e. The molecule has 170 valence electrons. The average molecular weight is 438 g/mol. The van der Waals surface area contributed by atoms with Gasteiger partial charge in [0.15, 0.2) is 6.04 Å². The summed E-state index contributed by atoms with van der Waals surface area (Å²) in [5.41, 5.74) is 3.33. The highest BCUT2D eigenvalue weighted by Crippen LogP contribution is 2.25. The Bertz CT molecular complexity index is 1090. The lowest BCUT2D eigenvalue weighted by Crippen LogP contribution is -2.35. The van der Waals surface area contributed by atoms with Gasteiger partial charge in [0.1, 0.15) is 0 Å². The lowest BCUT2D eigenvalue weighted by molar-refractivity contribution is -0.145. The highest BCUT2D eigenvalue weighted by atomic mass is 16.5. The number of aryl methyl sites for hydroxylation is 1. The maximum Gasteiger partial charge on any atom is 0.333 e. The number of benzene rings is 1. The molecule has 2 aromatic heterocycles. The molecule has 0 spiro atoms. The SMILES string of the molecule is CCOC(=O)C(NC(=O)c1cnn(C(C)(C)C)c1)c1c(C)nn(Cc2ccccc2)c1C. The minimum absolute atomic E-state index is 0.212. The molecule has 3 aromatic rings. The van der Waals surface area contributed by atoms with Crippen molar-refractivity contribution < 1.29 is 14.3 Å². The molecule has 8 heteroatoms. The first-order valence-corrected chi connectivity index (χ1v) is 10.7. The monoisotopic (exact) mass is 437 g/mol. The van der Waals surface area contributed by atoms with Crippen molar-refractivity contribution in [2.24, 2.45) is 0 Å². The van der Waals surface area contributed by atoms with Gasteiger partial charge in [-0.05, 0) is 47.1 Å². The maximum absolute atomic E-state index is 13.0. The van der Waals surface area contributed by atoms with Gasteiger partial charge in [-0.15, -0.1) is 0 Å². The largest absolute Gasteiger partial charge is 0.464 e. The Morgan fingerprint density at radius 2 is 1.84 bits per heavy atom. The molecule has 0 saturated heterocycles. The number of rotatable bonds is 7. The zero-order valence-corrected chi connectivity index (χ0v) is 19.5. The summed E-state index contributed by atoms with van der Waals surface area (Å²) in [6.45, 7) is 12.2. The Balaban J connectivity index is 1.91. The van der Waals surface area contributed by atoms with E-state index in [-0.39, 0.29) is 12.1 Å². The van der Waals surface area contributed by atoms with Crippen LogP contribution in [0.4, 0.5) is 0 Å². The molecule has 1 N–H and O–H groups in total. The Morgan fingerprint density at radius 1 is 1.16 bits per heavy atom. The fraction of sp³-hybridized carbons (Fsp3) is 0.417. The topological polar surface area (TPSA) is 91.0 Å². The summed E-state index contributed by atoms with van der Waals surface area (Å²) in [6.07, 6.45) is 3.18. The zero-order chi connectivity index (χ0) is 23.5. The van der Waals surface area contributed by atoms with Crippen LogP contribution in [0.2, 0.25) is 0 Å². The van der Waals surface area contributed by atoms with Gasteiger partial charge in [0.05, 0.1) is 36.1 Å². The van der Waals surface area contributed by atoms with Crippen LogP contribution in [0.1, 0.15) is 66.6 Å². The van der Waals surface area contributed by atoms with Gasteiger partial charge in [-0.3, -0.25) is 14.2 Å². The predicted molar refractivity (Wildman–Crippen MR) is 121 cm³/mol. The second-order valence-corrected chi connectivity index (χ2v) is 8.73. The number of carbonyl (C=O) groups excluding carboxylic acids is 2. The van der Waals surface area contributed by atoms with E-state index in [4.69, 9.17) is 4.74 Å². The van der Waals surface area contributed by atoms with Gasteiger partial charge >= 0.3 is 5.97 Å². The molecule has 8 nitrogen and oxygen atoms in total. The molecule has 1 atom stereocenters. The summed E-state index contributed by atoms with van der Waals surface area (Å²) in [4.78, 5) is 25.9. The first kappa shape index (κ1) is 23.2. The number of hydrogen-bond donors (Lipinski definition) is 1. The third kappa shape index (κ3) is 5.07. The molecule has 0 fully saturated rings. The number of nitrogens with one attached hydrogen (secondary N) is 1. The van der Waals surface area contributed by atoms with Crippen LogP contribution in [-0.2, 0) is 21.6 Å². The van der Waals surface area contributed by atoms with Crippen LogP contribution < -0.4 is 5.32 Å². The van der Waals surface area contributed by atoms with Crippen LogP contribution in [0.25, 0.3) is 0 Å². The van der Waals surface area contributed by atoms with E-state index in [9.17, 15) is 9.59 Å². The van der Waals surface area contributed by atoms with Crippen molar-refractivity contribution in [2.75, 3.05) is 6.61 Å². The summed E-state index contributed by atoms with van der Waals surface area (Å²) < 4.78 is 8.84. The van der Waals surface area contributed by atoms with Gasteiger partial charge in [-0.25, -0.2) is 4.79 Å². The Labute approximate surface area is 188 Å². The summed E-state index contributed by atoms with van der Waals surface area (Å²) in [5, 5.41) is 11.7. The predicted octanol–water partition coefficient (Wildman–Crippen LogP) is 3.53. The maximum atomic E-state index is 13.0. The van der Waals surface area contributed by atoms with Crippen molar-refractivity contribution in [1.82, 2.24) is 24.9 Å². The summed E-state index contributed by atoms with van der Waals surface area (Å²) >= 11 is 0. The molecule has 0 saturated carbocycles. The standard InChI is InChI=1S/C24H31N5O3/c1-7-32-23(31)21(26-22(30)19-13-25-29(15-19)24(4,5)6)20-16(2)27-28(17(20)3)14-18-11-9-8-10-12-18/h8-13,15,21H,7,14H2,1-6H3,(H,26,30). The van der Waals surface area contributed by atoms with Crippen LogP contribution >= 0.6 is 0 Å². The summed E-state index contributed by atoms with van der Waals surface area (Å²) in [7, 11) is 0. The molecular weight excluding hydrogens is 406 g/mol. The van der Waals surface area contributed by atoms with E-state index < -0.39 is 17.9 Å². The molecule has 2 heterocycles. The molecule has 0 aliphatic heterocycles. The van der Waals surface area contributed by atoms with Crippen molar-refractivity contribution in [1.29, 1.82) is 0 Å². The van der Waals surface area contributed by atoms with Gasteiger partial charge < -0.3 is 10.1 Å². The molecule has 0 aliphatic carbocycles. The molecule has 0 radical (unpaired) electrons.